The maximum Gasteiger partial charge on any atom is 0.254 e. The summed E-state index contributed by atoms with van der Waals surface area (Å²) in [5.74, 6) is -0.746. The second-order valence-corrected chi connectivity index (χ2v) is 4.91. The Balaban J connectivity index is 2.41. The molecule has 2 rings (SSSR count). The molecule has 0 fully saturated rings. The van der Waals surface area contributed by atoms with Gasteiger partial charge in [0.1, 0.15) is 6.04 Å². The van der Waals surface area contributed by atoms with Gasteiger partial charge < -0.3 is 10.6 Å². The van der Waals surface area contributed by atoms with E-state index in [1.165, 1.54) is 4.90 Å². The number of primary amides is 1. The van der Waals surface area contributed by atoms with E-state index < -0.39 is 11.9 Å². The first-order valence-electron chi connectivity index (χ1n) is 6.73. The Morgan fingerprint density at radius 1 is 1.00 bits per heavy atom. The van der Waals surface area contributed by atoms with Crippen molar-refractivity contribution in [3.63, 3.8) is 0 Å². The van der Waals surface area contributed by atoms with Crippen LogP contribution in [-0.4, -0.2) is 29.8 Å². The second-order valence-electron chi connectivity index (χ2n) is 4.91. The lowest BCUT2D eigenvalue weighted by molar-refractivity contribution is -0.121. The minimum Gasteiger partial charge on any atom is -0.368 e. The van der Waals surface area contributed by atoms with Crippen molar-refractivity contribution in [1.29, 1.82) is 0 Å². The Morgan fingerprint density at radius 3 is 2.19 bits per heavy atom. The third-order valence-electron chi connectivity index (χ3n) is 3.56. The lowest BCUT2D eigenvalue weighted by atomic mass is 9.98. The molecule has 0 saturated carbocycles. The van der Waals surface area contributed by atoms with Crippen LogP contribution in [-0.2, 0) is 4.79 Å². The summed E-state index contributed by atoms with van der Waals surface area (Å²) < 4.78 is 0. The maximum absolute atomic E-state index is 12.6. The second kappa shape index (κ2) is 6.22. The normalized spacial score (nSPS) is 11.7. The molecule has 2 aromatic carbocycles. The summed E-state index contributed by atoms with van der Waals surface area (Å²) in [6.45, 7) is 1.62. The van der Waals surface area contributed by atoms with Crippen LogP contribution in [0.4, 0.5) is 0 Å². The average molecular weight is 282 g/mol. The molecule has 0 aliphatic rings. The van der Waals surface area contributed by atoms with Gasteiger partial charge in [-0.15, -0.1) is 0 Å². The molecule has 0 bridgehead atoms. The Bertz CT molecular complexity index is 653. The van der Waals surface area contributed by atoms with Crippen molar-refractivity contribution in [3.8, 4) is 11.1 Å². The van der Waals surface area contributed by atoms with Crippen LogP contribution in [0.5, 0.6) is 0 Å². The zero-order valence-corrected chi connectivity index (χ0v) is 12.1. The van der Waals surface area contributed by atoms with Gasteiger partial charge in [0.25, 0.3) is 5.91 Å². The molecule has 0 aliphatic carbocycles. The largest absolute Gasteiger partial charge is 0.368 e. The SMILES string of the molecule is C[C@@H](C(N)=O)N(C)C(=O)c1ccccc1-c1ccccc1. The first-order valence-corrected chi connectivity index (χ1v) is 6.73. The number of nitrogens with zero attached hydrogens (tertiary/aromatic N) is 1. The minimum atomic E-state index is -0.652. The minimum absolute atomic E-state index is 0.222. The van der Waals surface area contributed by atoms with Crippen molar-refractivity contribution in [2.45, 2.75) is 13.0 Å². The third kappa shape index (κ3) is 3.11. The summed E-state index contributed by atoms with van der Waals surface area (Å²) in [6, 6.07) is 16.4. The van der Waals surface area contributed by atoms with Crippen LogP contribution in [0.25, 0.3) is 11.1 Å². The zero-order chi connectivity index (χ0) is 15.4. The summed E-state index contributed by atoms with van der Waals surface area (Å²) in [6.07, 6.45) is 0. The molecule has 21 heavy (non-hydrogen) atoms. The highest BCUT2D eigenvalue weighted by atomic mass is 16.2. The van der Waals surface area contributed by atoms with Crippen LogP contribution < -0.4 is 5.73 Å². The fourth-order valence-electron chi connectivity index (χ4n) is 2.10. The number of hydrogen-bond acceptors (Lipinski definition) is 2. The highest BCUT2D eigenvalue weighted by Crippen LogP contribution is 2.24. The number of rotatable bonds is 4. The molecule has 0 spiro atoms. The van der Waals surface area contributed by atoms with E-state index in [-0.39, 0.29) is 5.91 Å². The standard InChI is InChI=1S/C17H18N2O2/c1-12(16(18)20)19(2)17(21)15-11-7-6-10-14(15)13-8-4-3-5-9-13/h3-12H,1-2H3,(H2,18,20)/t12-/m0/s1. The molecule has 2 amide bonds. The molecule has 1 atom stereocenters. The van der Waals surface area contributed by atoms with E-state index in [4.69, 9.17) is 5.73 Å². The summed E-state index contributed by atoms with van der Waals surface area (Å²) in [7, 11) is 1.58. The lowest BCUT2D eigenvalue weighted by Crippen LogP contribution is -2.43. The number of benzene rings is 2. The van der Waals surface area contributed by atoms with Gasteiger partial charge in [-0.2, -0.15) is 0 Å². The summed E-state index contributed by atoms with van der Waals surface area (Å²) in [5, 5.41) is 0. The van der Waals surface area contributed by atoms with Gasteiger partial charge >= 0.3 is 0 Å². The van der Waals surface area contributed by atoms with E-state index in [1.54, 1.807) is 20.0 Å². The fourth-order valence-corrected chi connectivity index (χ4v) is 2.10. The van der Waals surface area contributed by atoms with E-state index in [9.17, 15) is 9.59 Å². The maximum atomic E-state index is 12.6. The third-order valence-corrected chi connectivity index (χ3v) is 3.56. The van der Waals surface area contributed by atoms with Crippen molar-refractivity contribution in [1.82, 2.24) is 4.90 Å². The van der Waals surface area contributed by atoms with E-state index >= 15 is 0 Å². The molecular formula is C17H18N2O2. The molecule has 2 N–H and O–H groups in total. The van der Waals surface area contributed by atoms with Crippen LogP contribution in [0.3, 0.4) is 0 Å². The first kappa shape index (κ1) is 14.8. The summed E-state index contributed by atoms with van der Waals surface area (Å²) in [4.78, 5) is 25.2. The van der Waals surface area contributed by atoms with Gasteiger partial charge in [0.2, 0.25) is 5.91 Å². The Hall–Kier alpha value is -2.62. The highest BCUT2D eigenvalue weighted by molar-refractivity contribution is 6.02. The molecular weight excluding hydrogens is 264 g/mol. The topological polar surface area (TPSA) is 63.4 Å². The molecule has 0 heterocycles. The number of likely N-dealkylation sites (N-methyl/N-ethyl adjacent to an activating group) is 1. The quantitative estimate of drug-likeness (QED) is 0.935. The zero-order valence-electron chi connectivity index (χ0n) is 12.1. The van der Waals surface area contributed by atoms with Crippen molar-refractivity contribution in [3.05, 3.63) is 60.2 Å². The molecule has 0 saturated heterocycles. The average Bonchev–Trinajstić information content (AvgIpc) is 2.53. The van der Waals surface area contributed by atoms with Crippen LogP contribution in [0.1, 0.15) is 17.3 Å². The molecule has 2 aromatic rings. The van der Waals surface area contributed by atoms with Gasteiger partial charge in [-0.25, -0.2) is 0 Å². The van der Waals surface area contributed by atoms with Crippen molar-refractivity contribution < 1.29 is 9.59 Å². The van der Waals surface area contributed by atoms with Gasteiger partial charge in [-0.1, -0.05) is 48.5 Å². The van der Waals surface area contributed by atoms with Gasteiger partial charge in [0.15, 0.2) is 0 Å². The first-order chi connectivity index (χ1) is 10.0. The molecule has 0 aromatic heterocycles. The predicted molar refractivity (Wildman–Crippen MR) is 82.6 cm³/mol. The number of amides is 2. The smallest absolute Gasteiger partial charge is 0.254 e. The fraction of sp³-hybridized carbons (Fsp3) is 0.176. The van der Waals surface area contributed by atoms with Crippen LogP contribution >= 0.6 is 0 Å². The summed E-state index contributed by atoms with van der Waals surface area (Å²) in [5.41, 5.74) is 7.62. The van der Waals surface area contributed by atoms with E-state index in [2.05, 4.69) is 0 Å². The highest BCUT2D eigenvalue weighted by Gasteiger charge is 2.23. The lowest BCUT2D eigenvalue weighted by Gasteiger charge is -2.23. The Kier molecular flexibility index (Phi) is 4.38. The number of carbonyl (C=O) groups is 2. The van der Waals surface area contributed by atoms with E-state index in [1.807, 2.05) is 48.5 Å². The van der Waals surface area contributed by atoms with Gasteiger partial charge in [-0.3, -0.25) is 9.59 Å². The molecule has 108 valence electrons. The molecule has 4 heteroatoms. The number of hydrogen-bond donors (Lipinski definition) is 1. The van der Waals surface area contributed by atoms with Crippen LogP contribution in [0, 0.1) is 0 Å². The number of nitrogens with two attached hydrogens (primary N) is 1. The van der Waals surface area contributed by atoms with Gasteiger partial charge in [0.05, 0.1) is 0 Å². The van der Waals surface area contributed by atoms with Crippen LogP contribution in [0.2, 0.25) is 0 Å². The van der Waals surface area contributed by atoms with Crippen molar-refractivity contribution in [2.24, 2.45) is 5.73 Å². The molecule has 0 radical (unpaired) electrons. The predicted octanol–water partition coefficient (Wildman–Crippen LogP) is 2.30. The Labute approximate surface area is 124 Å². The van der Waals surface area contributed by atoms with Crippen molar-refractivity contribution >= 4 is 11.8 Å². The van der Waals surface area contributed by atoms with Crippen LogP contribution in [0.15, 0.2) is 54.6 Å². The van der Waals surface area contributed by atoms with Crippen molar-refractivity contribution in [2.75, 3.05) is 7.05 Å². The van der Waals surface area contributed by atoms with Gasteiger partial charge in [-0.05, 0) is 24.1 Å². The van der Waals surface area contributed by atoms with E-state index in [0.717, 1.165) is 11.1 Å². The molecule has 4 nitrogen and oxygen atoms in total. The molecule has 0 unspecified atom stereocenters. The van der Waals surface area contributed by atoms with E-state index in [0.29, 0.717) is 5.56 Å². The number of carbonyl (C=O) groups excluding carboxylic acids is 2. The molecule has 0 aliphatic heterocycles. The monoisotopic (exact) mass is 282 g/mol. The summed E-state index contributed by atoms with van der Waals surface area (Å²) >= 11 is 0. The Morgan fingerprint density at radius 2 is 1.57 bits per heavy atom. The van der Waals surface area contributed by atoms with Gasteiger partial charge in [0, 0.05) is 12.6 Å².